The first kappa shape index (κ1) is 11.0. The lowest BCUT2D eigenvalue weighted by atomic mass is 10.1. The van der Waals surface area contributed by atoms with Gasteiger partial charge < -0.3 is 5.11 Å². The van der Waals surface area contributed by atoms with Gasteiger partial charge in [0.25, 0.3) is 0 Å². The number of hydrogen-bond acceptors (Lipinski definition) is 2. The molecular weight excluding hydrogens is 197 g/mol. The van der Waals surface area contributed by atoms with E-state index in [1.165, 1.54) is 0 Å². The van der Waals surface area contributed by atoms with Crippen LogP contribution in [0.3, 0.4) is 0 Å². The van der Waals surface area contributed by atoms with Crippen molar-refractivity contribution in [3.63, 3.8) is 0 Å². The van der Waals surface area contributed by atoms with Crippen LogP contribution in [0.15, 0.2) is 6.07 Å². The molecule has 1 heterocycles. The molecule has 0 saturated carbocycles. The summed E-state index contributed by atoms with van der Waals surface area (Å²) < 4.78 is 37.6. The molecule has 0 atom stereocenters. The second-order valence-corrected chi connectivity index (χ2v) is 3.25. The fourth-order valence-corrected chi connectivity index (χ4v) is 1.15. The van der Waals surface area contributed by atoms with Crippen molar-refractivity contribution in [1.82, 2.24) is 9.78 Å². The Labute approximate surface area is 79.2 Å². The summed E-state index contributed by atoms with van der Waals surface area (Å²) in [6, 6.07) is 0.959. The van der Waals surface area contributed by atoms with Gasteiger partial charge in [0.1, 0.15) is 6.73 Å². The summed E-state index contributed by atoms with van der Waals surface area (Å²) in [6.07, 6.45) is -4.45. The van der Waals surface area contributed by atoms with Crippen LogP contribution in [0.1, 0.15) is 31.2 Å². The van der Waals surface area contributed by atoms with E-state index in [0.717, 1.165) is 10.7 Å². The lowest BCUT2D eigenvalue weighted by Crippen LogP contribution is -2.09. The highest BCUT2D eigenvalue weighted by Crippen LogP contribution is 2.30. The number of aromatic nitrogens is 2. The third kappa shape index (κ3) is 2.06. The van der Waals surface area contributed by atoms with E-state index < -0.39 is 18.6 Å². The van der Waals surface area contributed by atoms with Gasteiger partial charge in [-0.2, -0.15) is 18.3 Å². The van der Waals surface area contributed by atoms with Crippen LogP contribution >= 0.6 is 0 Å². The van der Waals surface area contributed by atoms with Gasteiger partial charge in [0.15, 0.2) is 5.69 Å². The van der Waals surface area contributed by atoms with Crippen molar-refractivity contribution in [2.45, 2.75) is 32.7 Å². The predicted molar refractivity (Wildman–Crippen MR) is 43.5 cm³/mol. The Morgan fingerprint density at radius 3 is 2.36 bits per heavy atom. The number of alkyl halides is 3. The largest absolute Gasteiger partial charge is 0.435 e. The molecular formula is C8H11F3N2O. The number of nitrogens with zero attached hydrogens (tertiary/aromatic N) is 2. The SMILES string of the molecule is CC(C)c1cc(C(F)(F)F)nn1CO. The molecule has 0 saturated heterocycles. The lowest BCUT2D eigenvalue weighted by Gasteiger charge is -2.05. The average molecular weight is 208 g/mol. The quantitative estimate of drug-likeness (QED) is 0.806. The summed E-state index contributed by atoms with van der Waals surface area (Å²) in [6.45, 7) is 2.94. The Morgan fingerprint density at radius 1 is 1.50 bits per heavy atom. The van der Waals surface area contributed by atoms with E-state index in [2.05, 4.69) is 5.10 Å². The summed E-state index contributed by atoms with van der Waals surface area (Å²) in [5.41, 5.74) is -0.588. The summed E-state index contributed by atoms with van der Waals surface area (Å²) in [5.74, 6) is -0.106. The molecule has 0 aliphatic carbocycles. The molecule has 0 fully saturated rings. The normalized spacial score (nSPS) is 12.5. The van der Waals surface area contributed by atoms with Crippen LogP contribution in [-0.2, 0) is 12.9 Å². The molecule has 1 rings (SSSR count). The van der Waals surface area contributed by atoms with Gasteiger partial charge in [-0.3, -0.25) is 0 Å². The minimum atomic E-state index is -4.45. The zero-order valence-electron chi connectivity index (χ0n) is 7.84. The Balaban J connectivity index is 3.13. The molecule has 0 aliphatic rings. The number of aliphatic hydroxyl groups excluding tert-OH is 1. The van der Waals surface area contributed by atoms with Crippen molar-refractivity contribution in [2.24, 2.45) is 0 Å². The molecule has 1 aromatic rings. The molecule has 14 heavy (non-hydrogen) atoms. The average Bonchev–Trinajstić information content (AvgIpc) is 2.45. The molecule has 6 heteroatoms. The van der Waals surface area contributed by atoms with Gasteiger partial charge in [-0.25, -0.2) is 4.68 Å². The van der Waals surface area contributed by atoms with Crippen molar-refractivity contribution in [3.8, 4) is 0 Å². The minimum Gasteiger partial charge on any atom is -0.374 e. The topological polar surface area (TPSA) is 38.0 Å². The van der Waals surface area contributed by atoms with Gasteiger partial charge >= 0.3 is 6.18 Å². The Kier molecular flexibility index (Phi) is 2.84. The summed E-state index contributed by atoms with van der Waals surface area (Å²) in [5, 5.41) is 12.0. The highest BCUT2D eigenvalue weighted by molar-refractivity contribution is 5.15. The van der Waals surface area contributed by atoms with E-state index in [-0.39, 0.29) is 5.92 Å². The lowest BCUT2D eigenvalue weighted by molar-refractivity contribution is -0.141. The molecule has 0 spiro atoms. The van der Waals surface area contributed by atoms with Crippen molar-refractivity contribution in [2.75, 3.05) is 0 Å². The van der Waals surface area contributed by atoms with E-state index in [4.69, 9.17) is 5.11 Å². The number of rotatable bonds is 2. The van der Waals surface area contributed by atoms with Gasteiger partial charge in [-0.15, -0.1) is 0 Å². The third-order valence-corrected chi connectivity index (χ3v) is 1.83. The van der Waals surface area contributed by atoms with E-state index in [9.17, 15) is 13.2 Å². The fraction of sp³-hybridized carbons (Fsp3) is 0.625. The highest BCUT2D eigenvalue weighted by Gasteiger charge is 2.35. The maximum Gasteiger partial charge on any atom is 0.435 e. The third-order valence-electron chi connectivity index (χ3n) is 1.83. The minimum absolute atomic E-state index is 0.106. The molecule has 0 amide bonds. The Morgan fingerprint density at radius 2 is 2.07 bits per heavy atom. The molecule has 0 unspecified atom stereocenters. The van der Waals surface area contributed by atoms with Gasteiger partial charge in [0.2, 0.25) is 0 Å². The first-order valence-electron chi connectivity index (χ1n) is 4.12. The number of halogens is 3. The molecule has 3 nitrogen and oxygen atoms in total. The molecule has 0 radical (unpaired) electrons. The van der Waals surface area contributed by atoms with Crippen molar-refractivity contribution in [3.05, 3.63) is 17.5 Å². The first-order valence-corrected chi connectivity index (χ1v) is 4.12. The number of aliphatic hydroxyl groups is 1. The van der Waals surface area contributed by atoms with Crippen LogP contribution in [0, 0.1) is 0 Å². The van der Waals surface area contributed by atoms with E-state index in [1.807, 2.05) is 0 Å². The predicted octanol–water partition coefficient (Wildman–Crippen LogP) is 1.98. The van der Waals surface area contributed by atoms with Gasteiger partial charge in [-0.05, 0) is 12.0 Å². The molecule has 1 aromatic heterocycles. The van der Waals surface area contributed by atoms with Crippen molar-refractivity contribution < 1.29 is 18.3 Å². The van der Waals surface area contributed by atoms with Crippen LogP contribution in [0.5, 0.6) is 0 Å². The summed E-state index contributed by atoms with van der Waals surface area (Å²) in [7, 11) is 0. The molecule has 1 N–H and O–H groups in total. The van der Waals surface area contributed by atoms with E-state index >= 15 is 0 Å². The summed E-state index contributed by atoms with van der Waals surface area (Å²) >= 11 is 0. The van der Waals surface area contributed by atoms with E-state index in [0.29, 0.717) is 5.69 Å². The maximum absolute atomic E-state index is 12.2. The van der Waals surface area contributed by atoms with Crippen molar-refractivity contribution >= 4 is 0 Å². The second-order valence-electron chi connectivity index (χ2n) is 3.25. The van der Waals surface area contributed by atoms with Crippen LogP contribution < -0.4 is 0 Å². The van der Waals surface area contributed by atoms with Crippen LogP contribution in [-0.4, -0.2) is 14.9 Å². The molecule has 0 aliphatic heterocycles. The highest BCUT2D eigenvalue weighted by atomic mass is 19.4. The standard InChI is InChI=1S/C8H11F3N2O/c1-5(2)6-3-7(8(9,10)11)12-13(6)4-14/h3,5,14H,4H2,1-2H3. The van der Waals surface area contributed by atoms with Crippen LogP contribution in [0.4, 0.5) is 13.2 Å². The Bertz CT molecular complexity index is 317. The summed E-state index contributed by atoms with van der Waals surface area (Å²) in [4.78, 5) is 0. The molecule has 0 aromatic carbocycles. The monoisotopic (exact) mass is 208 g/mol. The van der Waals surface area contributed by atoms with Gasteiger partial charge in [0.05, 0.1) is 0 Å². The zero-order chi connectivity index (χ0) is 10.9. The smallest absolute Gasteiger partial charge is 0.374 e. The second kappa shape index (κ2) is 3.61. The fourth-order valence-electron chi connectivity index (χ4n) is 1.15. The van der Waals surface area contributed by atoms with Gasteiger partial charge in [-0.1, -0.05) is 13.8 Å². The Hall–Kier alpha value is -1.04. The number of hydrogen-bond donors (Lipinski definition) is 1. The van der Waals surface area contributed by atoms with E-state index in [1.54, 1.807) is 13.8 Å². The van der Waals surface area contributed by atoms with Gasteiger partial charge in [0, 0.05) is 5.69 Å². The first-order chi connectivity index (χ1) is 6.36. The molecule has 0 bridgehead atoms. The maximum atomic E-state index is 12.2. The van der Waals surface area contributed by atoms with Crippen LogP contribution in [0.25, 0.3) is 0 Å². The van der Waals surface area contributed by atoms with Crippen LogP contribution in [0.2, 0.25) is 0 Å². The zero-order valence-corrected chi connectivity index (χ0v) is 7.84. The molecule has 80 valence electrons. The van der Waals surface area contributed by atoms with Crippen molar-refractivity contribution in [1.29, 1.82) is 0 Å².